The first-order valence-corrected chi connectivity index (χ1v) is 10.6. The Morgan fingerprint density at radius 1 is 0.967 bits per heavy atom. The number of anilines is 1. The van der Waals surface area contributed by atoms with E-state index in [1.807, 2.05) is 18.3 Å². The van der Waals surface area contributed by atoms with E-state index >= 15 is 0 Å². The first-order valence-electron chi connectivity index (χ1n) is 10.6. The number of aromatic hydroxyl groups is 1. The fourth-order valence-corrected chi connectivity index (χ4v) is 3.91. The van der Waals surface area contributed by atoms with Gasteiger partial charge in [0.05, 0.1) is 5.69 Å². The van der Waals surface area contributed by atoms with Crippen molar-refractivity contribution in [3.8, 4) is 5.75 Å². The maximum atomic E-state index is 9.45. The van der Waals surface area contributed by atoms with Crippen LogP contribution in [0.1, 0.15) is 65.6 Å². The van der Waals surface area contributed by atoms with Gasteiger partial charge < -0.3 is 10.8 Å². The van der Waals surface area contributed by atoms with Crippen LogP contribution >= 0.6 is 0 Å². The highest BCUT2D eigenvalue weighted by atomic mass is 16.3. The van der Waals surface area contributed by atoms with Gasteiger partial charge in [0, 0.05) is 11.9 Å². The number of hydrogen-bond acceptors (Lipinski definition) is 3. The number of phenolic OH excluding ortho intramolecular Hbond substituents is 1. The molecule has 0 atom stereocenters. The SMILES string of the molecule is CCc1cc(Cc2cc(C)c(N)c(C(C)C)c2)cc(C)c1N=Cc1ccc(O)cc1. The summed E-state index contributed by atoms with van der Waals surface area (Å²) in [6, 6.07) is 16.1. The minimum absolute atomic E-state index is 0.264. The van der Waals surface area contributed by atoms with Gasteiger partial charge in [-0.2, -0.15) is 0 Å². The zero-order chi connectivity index (χ0) is 21.8. The highest BCUT2D eigenvalue weighted by molar-refractivity contribution is 5.83. The Morgan fingerprint density at radius 3 is 2.23 bits per heavy atom. The van der Waals surface area contributed by atoms with Crippen LogP contribution < -0.4 is 5.73 Å². The summed E-state index contributed by atoms with van der Waals surface area (Å²) in [5, 5.41) is 9.45. The highest BCUT2D eigenvalue weighted by Crippen LogP contribution is 2.30. The highest BCUT2D eigenvalue weighted by Gasteiger charge is 2.11. The Kier molecular flexibility index (Phi) is 6.61. The molecule has 3 aromatic rings. The van der Waals surface area contributed by atoms with Crippen LogP contribution in [0, 0.1) is 13.8 Å². The summed E-state index contributed by atoms with van der Waals surface area (Å²) in [4.78, 5) is 4.76. The molecule has 3 heteroatoms. The third kappa shape index (κ3) is 4.91. The van der Waals surface area contributed by atoms with Crippen molar-refractivity contribution in [3.05, 3.63) is 87.5 Å². The van der Waals surface area contributed by atoms with E-state index < -0.39 is 0 Å². The standard InChI is InChI=1S/C27H32N2O/c1-6-23-14-21(13-22-11-18(4)26(28)25(15-22)17(2)3)12-19(5)27(23)29-16-20-7-9-24(30)10-8-20/h7-12,14-17,30H,6,13,28H2,1-5H3. The number of aliphatic imine (C=N–C) groups is 1. The van der Waals surface area contributed by atoms with Gasteiger partial charge in [-0.15, -0.1) is 0 Å². The predicted molar refractivity (Wildman–Crippen MR) is 128 cm³/mol. The molecular formula is C27H32N2O. The topological polar surface area (TPSA) is 58.6 Å². The summed E-state index contributed by atoms with van der Waals surface area (Å²) in [5.74, 6) is 0.675. The molecule has 0 aliphatic rings. The second-order valence-electron chi connectivity index (χ2n) is 8.37. The second-order valence-corrected chi connectivity index (χ2v) is 8.37. The van der Waals surface area contributed by atoms with E-state index in [1.165, 1.54) is 27.8 Å². The summed E-state index contributed by atoms with van der Waals surface area (Å²) >= 11 is 0. The predicted octanol–water partition coefficient (Wildman–Crippen LogP) is 6.62. The molecule has 0 saturated heterocycles. The summed E-state index contributed by atoms with van der Waals surface area (Å²) in [6.45, 7) is 10.8. The Balaban J connectivity index is 1.91. The number of benzene rings is 3. The lowest BCUT2D eigenvalue weighted by molar-refractivity contribution is 0.475. The number of hydrogen-bond donors (Lipinski definition) is 2. The molecule has 0 aliphatic carbocycles. The molecule has 156 valence electrons. The van der Waals surface area contributed by atoms with Crippen molar-refractivity contribution in [1.29, 1.82) is 0 Å². The molecule has 0 heterocycles. The zero-order valence-electron chi connectivity index (χ0n) is 18.7. The lowest BCUT2D eigenvalue weighted by atomic mass is 9.92. The minimum Gasteiger partial charge on any atom is -0.508 e. The average molecular weight is 401 g/mol. The number of aryl methyl sites for hydroxylation is 3. The molecule has 0 unspecified atom stereocenters. The Hall–Kier alpha value is -3.07. The first kappa shape index (κ1) is 21.6. The fraction of sp³-hybridized carbons (Fsp3) is 0.296. The van der Waals surface area contributed by atoms with Crippen molar-refractivity contribution >= 4 is 17.6 Å². The van der Waals surface area contributed by atoms with Gasteiger partial charge in [-0.05, 0) is 95.8 Å². The van der Waals surface area contributed by atoms with Crippen molar-refractivity contribution < 1.29 is 5.11 Å². The summed E-state index contributed by atoms with van der Waals surface area (Å²) < 4.78 is 0. The molecule has 3 N–H and O–H groups in total. The minimum atomic E-state index is 0.264. The Labute approximate surface area is 180 Å². The van der Waals surface area contributed by atoms with Crippen LogP contribution in [0.25, 0.3) is 0 Å². The third-order valence-corrected chi connectivity index (χ3v) is 5.56. The van der Waals surface area contributed by atoms with Gasteiger partial charge in [-0.1, -0.05) is 45.0 Å². The maximum Gasteiger partial charge on any atom is 0.115 e. The van der Waals surface area contributed by atoms with E-state index in [0.717, 1.165) is 35.3 Å². The van der Waals surface area contributed by atoms with Gasteiger partial charge in [0.25, 0.3) is 0 Å². The molecule has 0 spiro atoms. The van der Waals surface area contributed by atoms with Crippen LogP contribution in [0.5, 0.6) is 5.75 Å². The van der Waals surface area contributed by atoms with Crippen molar-refractivity contribution in [2.75, 3.05) is 5.73 Å². The van der Waals surface area contributed by atoms with Gasteiger partial charge in [-0.25, -0.2) is 0 Å². The zero-order valence-corrected chi connectivity index (χ0v) is 18.7. The molecule has 0 aliphatic heterocycles. The van der Waals surface area contributed by atoms with E-state index in [9.17, 15) is 5.11 Å². The average Bonchev–Trinajstić information content (AvgIpc) is 2.70. The lowest BCUT2D eigenvalue weighted by Gasteiger charge is -2.16. The molecule has 0 aromatic heterocycles. The molecule has 0 amide bonds. The maximum absolute atomic E-state index is 9.45. The number of nitrogens with two attached hydrogens (primary N) is 1. The van der Waals surface area contributed by atoms with Crippen LogP contribution in [0.4, 0.5) is 11.4 Å². The molecule has 0 bridgehead atoms. The third-order valence-electron chi connectivity index (χ3n) is 5.56. The number of nitrogens with zero attached hydrogens (tertiary/aromatic N) is 1. The summed E-state index contributed by atoms with van der Waals surface area (Å²) in [6.07, 6.45) is 3.67. The molecule has 3 rings (SSSR count). The Bertz CT molecular complexity index is 1060. The van der Waals surface area contributed by atoms with Crippen molar-refractivity contribution in [1.82, 2.24) is 0 Å². The van der Waals surface area contributed by atoms with Gasteiger partial charge in [0.1, 0.15) is 5.75 Å². The van der Waals surface area contributed by atoms with Crippen molar-refractivity contribution in [2.45, 2.75) is 53.4 Å². The van der Waals surface area contributed by atoms with Gasteiger partial charge in [-0.3, -0.25) is 4.99 Å². The smallest absolute Gasteiger partial charge is 0.115 e. The molecular weight excluding hydrogens is 368 g/mol. The van der Waals surface area contributed by atoms with E-state index in [0.29, 0.717) is 5.92 Å². The lowest BCUT2D eigenvalue weighted by Crippen LogP contribution is -2.02. The van der Waals surface area contributed by atoms with Gasteiger partial charge in [0.15, 0.2) is 0 Å². The Morgan fingerprint density at radius 2 is 1.60 bits per heavy atom. The molecule has 3 aromatic carbocycles. The van der Waals surface area contributed by atoms with Crippen LogP contribution in [0.2, 0.25) is 0 Å². The van der Waals surface area contributed by atoms with E-state index in [-0.39, 0.29) is 5.75 Å². The van der Waals surface area contributed by atoms with E-state index in [1.54, 1.807) is 12.1 Å². The molecule has 0 radical (unpaired) electrons. The summed E-state index contributed by atoms with van der Waals surface area (Å²) in [7, 11) is 0. The molecule has 3 nitrogen and oxygen atoms in total. The van der Waals surface area contributed by atoms with Crippen LogP contribution in [-0.2, 0) is 12.8 Å². The van der Waals surface area contributed by atoms with Crippen molar-refractivity contribution in [2.24, 2.45) is 4.99 Å². The van der Waals surface area contributed by atoms with E-state index in [2.05, 4.69) is 58.9 Å². The molecule has 30 heavy (non-hydrogen) atoms. The normalized spacial score (nSPS) is 11.5. The van der Waals surface area contributed by atoms with Crippen LogP contribution in [0.3, 0.4) is 0 Å². The van der Waals surface area contributed by atoms with Crippen LogP contribution in [0.15, 0.2) is 53.5 Å². The number of nitrogen functional groups attached to an aromatic ring is 1. The van der Waals surface area contributed by atoms with Gasteiger partial charge >= 0.3 is 0 Å². The van der Waals surface area contributed by atoms with E-state index in [4.69, 9.17) is 10.7 Å². The number of rotatable bonds is 6. The van der Waals surface area contributed by atoms with Crippen LogP contribution in [-0.4, -0.2) is 11.3 Å². The fourth-order valence-electron chi connectivity index (χ4n) is 3.91. The summed E-state index contributed by atoms with van der Waals surface area (Å²) in [5.41, 5.74) is 16.6. The monoisotopic (exact) mass is 400 g/mol. The molecule has 0 saturated carbocycles. The first-order chi connectivity index (χ1) is 14.3. The van der Waals surface area contributed by atoms with Crippen molar-refractivity contribution in [3.63, 3.8) is 0 Å². The largest absolute Gasteiger partial charge is 0.508 e. The quantitative estimate of drug-likeness (QED) is 0.361. The second kappa shape index (κ2) is 9.17. The molecule has 0 fully saturated rings. The number of phenols is 1. The van der Waals surface area contributed by atoms with Gasteiger partial charge in [0.2, 0.25) is 0 Å².